The van der Waals surface area contributed by atoms with Gasteiger partial charge >= 0.3 is 0 Å². The zero-order valence-corrected chi connectivity index (χ0v) is 13.0. The van der Waals surface area contributed by atoms with Gasteiger partial charge in [-0.1, -0.05) is 30.1 Å². The lowest BCUT2D eigenvalue weighted by molar-refractivity contribution is 0.196. The minimum Gasteiger partial charge on any atom is -0.409 e. The Balaban J connectivity index is 2.10. The van der Waals surface area contributed by atoms with E-state index in [1.54, 1.807) is 0 Å². The van der Waals surface area contributed by atoms with Crippen molar-refractivity contribution in [1.29, 1.82) is 0 Å². The van der Waals surface area contributed by atoms with E-state index >= 15 is 0 Å². The van der Waals surface area contributed by atoms with Gasteiger partial charge in [-0.3, -0.25) is 0 Å². The number of nitrogens with zero attached hydrogens (tertiary/aromatic N) is 1. The summed E-state index contributed by atoms with van der Waals surface area (Å²) in [6, 6.07) is 11.2. The van der Waals surface area contributed by atoms with E-state index in [1.807, 2.05) is 36.4 Å². The second kappa shape index (κ2) is 6.06. The van der Waals surface area contributed by atoms with Gasteiger partial charge in [-0.25, -0.2) is 4.98 Å². The first kappa shape index (κ1) is 14.4. The minimum atomic E-state index is 0.647. The Bertz CT molecular complexity index is 805. The SMILES string of the molecule is CCCNOc1ccc2nc3cc(Cl)ccc3c(Cl)c2c1. The Morgan fingerprint density at radius 3 is 2.71 bits per heavy atom. The molecule has 0 unspecified atom stereocenters. The maximum atomic E-state index is 6.50. The third-order valence-electron chi connectivity index (χ3n) is 3.18. The van der Waals surface area contributed by atoms with Crippen LogP contribution in [-0.4, -0.2) is 11.5 Å². The van der Waals surface area contributed by atoms with E-state index in [9.17, 15) is 0 Å². The molecule has 3 rings (SSSR count). The van der Waals surface area contributed by atoms with E-state index < -0.39 is 0 Å². The quantitative estimate of drug-likeness (QED) is 0.418. The highest BCUT2D eigenvalue weighted by Crippen LogP contribution is 2.33. The summed E-state index contributed by atoms with van der Waals surface area (Å²) < 4.78 is 0. The van der Waals surface area contributed by atoms with Crippen LogP contribution in [0.2, 0.25) is 10.0 Å². The molecule has 21 heavy (non-hydrogen) atoms. The van der Waals surface area contributed by atoms with Crippen molar-refractivity contribution >= 4 is 45.0 Å². The number of hydrogen-bond acceptors (Lipinski definition) is 3. The summed E-state index contributed by atoms with van der Waals surface area (Å²) in [5.74, 6) is 0.716. The van der Waals surface area contributed by atoms with Crippen LogP contribution in [0.4, 0.5) is 0 Å². The van der Waals surface area contributed by atoms with Crippen LogP contribution in [0.5, 0.6) is 5.75 Å². The number of fused-ring (bicyclic) bond motifs is 2. The van der Waals surface area contributed by atoms with Crippen LogP contribution >= 0.6 is 23.2 Å². The molecular formula is C16H14Cl2N2O. The van der Waals surface area contributed by atoms with Gasteiger partial charge in [0.1, 0.15) is 5.75 Å². The second-order valence-corrected chi connectivity index (χ2v) is 5.58. The van der Waals surface area contributed by atoms with E-state index in [4.69, 9.17) is 28.0 Å². The number of aromatic nitrogens is 1. The first-order chi connectivity index (χ1) is 10.2. The first-order valence-electron chi connectivity index (χ1n) is 6.77. The van der Waals surface area contributed by atoms with Crippen LogP contribution < -0.4 is 10.3 Å². The minimum absolute atomic E-state index is 0.647. The van der Waals surface area contributed by atoms with E-state index in [0.717, 1.165) is 34.8 Å². The molecule has 0 saturated carbocycles. The maximum absolute atomic E-state index is 6.50. The van der Waals surface area contributed by atoms with Crippen LogP contribution in [0.15, 0.2) is 36.4 Å². The Morgan fingerprint density at radius 1 is 1.05 bits per heavy atom. The van der Waals surface area contributed by atoms with Crippen molar-refractivity contribution in [1.82, 2.24) is 10.5 Å². The molecule has 0 aliphatic carbocycles. The molecule has 3 aromatic rings. The molecule has 1 N–H and O–H groups in total. The monoisotopic (exact) mass is 320 g/mol. The zero-order chi connectivity index (χ0) is 14.8. The number of rotatable bonds is 4. The average Bonchev–Trinajstić information content (AvgIpc) is 2.48. The highest BCUT2D eigenvalue weighted by molar-refractivity contribution is 6.40. The maximum Gasteiger partial charge on any atom is 0.147 e. The molecular weight excluding hydrogens is 307 g/mol. The van der Waals surface area contributed by atoms with Gasteiger partial charge in [0.05, 0.1) is 16.1 Å². The molecule has 108 valence electrons. The molecule has 0 radical (unpaired) electrons. The van der Waals surface area contributed by atoms with Gasteiger partial charge in [0.15, 0.2) is 0 Å². The predicted octanol–water partition coefficient (Wildman–Crippen LogP) is 4.99. The number of benzene rings is 2. The van der Waals surface area contributed by atoms with Crippen molar-refractivity contribution in [3.63, 3.8) is 0 Å². The fourth-order valence-corrected chi connectivity index (χ4v) is 2.62. The van der Waals surface area contributed by atoms with Crippen molar-refractivity contribution in [3.8, 4) is 5.75 Å². The zero-order valence-electron chi connectivity index (χ0n) is 11.5. The number of hydroxylamine groups is 1. The fraction of sp³-hybridized carbons (Fsp3) is 0.188. The van der Waals surface area contributed by atoms with Crippen molar-refractivity contribution in [2.24, 2.45) is 0 Å². The van der Waals surface area contributed by atoms with Gasteiger partial charge in [-0.05, 0) is 42.8 Å². The topological polar surface area (TPSA) is 34.1 Å². The van der Waals surface area contributed by atoms with Gasteiger partial charge in [0, 0.05) is 22.3 Å². The van der Waals surface area contributed by atoms with Crippen LogP contribution in [0.25, 0.3) is 21.8 Å². The third kappa shape index (κ3) is 2.91. The normalized spacial score (nSPS) is 11.2. The van der Waals surface area contributed by atoms with E-state index in [1.165, 1.54) is 0 Å². The Morgan fingerprint density at radius 2 is 1.90 bits per heavy atom. The Kier molecular flexibility index (Phi) is 4.15. The summed E-state index contributed by atoms with van der Waals surface area (Å²) >= 11 is 12.5. The molecule has 1 aromatic heterocycles. The highest BCUT2D eigenvalue weighted by Gasteiger charge is 2.09. The van der Waals surface area contributed by atoms with E-state index in [2.05, 4.69) is 17.4 Å². The van der Waals surface area contributed by atoms with Crippen molar-refractivity contribution in [2.75, 3.05) is 6.54 Å². The van der Waals surface area contributed by atoms with E-state index in [-0.39, 0.29) is 0 Å². The number of nitrogens with one attached hydrogen (secondary N) is 1. The summed E-state index contributed by atoms with van der Waals surface area (Å²) in [6.07, 6.45) is 1.00. The summed E-state index contributed by atoms with van der Waals surface area (Å²) in [5.41, 5.74) is 4.51. The molecule has 0 aliphatic heterocycles. The first-order valence-corrected chi connectivity index (χ1v) is 7.53. The lowest BCUT2D eigenvalue weighted by Crippen LogP contribution is -2.18. The van der Waals surface area contributed by atoms with Crippen LogP contribution in [-0.2, 0) is 0 Å². The molecule has 0 fully saturated rings. The second-order valence-electron chi connectivity index (χ2n) is 4.76. The van der Waals surface area contributed by atoms with Crippen molar-refractivity contribution in [2.45, 2.75) is 13.3 Å². The summed E-state index contributed by atoms with van der Waals surface area (Å²) in [5, 5.41) is 3.05. The lowest BCUT2D eigenvalue weighted by Gasteiger charge is -2.09. The molecule has 1 heterocycles. The fourth-order valence-electron chi connectivity index (χ4n) is 2.15. The van der Waals surface area contributed by atoms with Gasteiger partial charge < -0.3 is 4.84 Å². The number of hydrogen-bond donors (Lipinski definition) is 1. The van der Waals surface area contributed by atoms with Gasteiger partial charge in [-0.15, -0.1) is 0 Å². The van der Waals surface area contributed by atoms with Crippen LogP contribution in [0.1, 0.15) is 13.3 Å². The largest absolute Gasteiger partial charge is 0.409 e. The van der Waals surface area contributed by atoms with Crippen LogP contribution in [0.3, 0.4) is 0 Å². The molecule has 3 nitrogen and oxygen atoms in total. The molecule has 0 spiro atoms. The van der Waals surface area contributed by atoms with Gasteiger partial charge in [-0.2, -0.15) is 5.48 Å². The standard InChI is InChI=1S/C16H14Cl2N2O/c1-2-7-19-21-11-4-6-14-13(9-11)16(18)12-5-3-10(17)8-15(12)20-14/h3-6,8-9,19H,2,7H2,1H3. The van der Waals surface area contributed by atoms with Gasteiger partial charge in [0.25, 0.3) is 0 Å². The molecule has 0 saturated heterocycles. The molecule has 0 amide bonds. The Labute approximate surface area is 132 Å². The molecule has 0 atom stereocenters. The number of halogens is 2. The summed E-state index contributed by atoms with van der Waals surface area (Å²) in [7, 11) is 0. The molecule has 0 bridgehead atoms. The molecule has 2 aromatic carbocycles. The number of pyridine rings is 1. The van der Waals surface area contributed by atoms with Crippen molar-refractivity contribution < 1.29 is 4.84 Å². The lowest BCUT2D eigenvalue weighted by atomic mass is 10.1. The smallest absolute Gasteiger partial charge is 0.147 e. The van der Waals surface area contributed by atoms with Crippen LogP contribution in [0, 0.1) is 0 Å². The summed E-state index contributed by atoms with van der Waals surface area (Å²) in [6.45, 7) is 2.87. The van der Waals surface area contributed by atoms with Gasteiger partial charge in [0.2, 0.25) is 0 Å². The summed E-state index contributed by atoms with van der Waals surface area (Å²) in [4.78, 5) is 10.1. The van der Waals surface area contributed by atoms with E-state index in [0.29, 0.717) is 15.8 Å². The predicted molar refractivity (Wildman–Crippen MR) is 88.2 cm³/mol. The third-order valence-corrected chi connectivity index (χ3v) is 3.83. The van der Waals surface area contributed by atoms with Crippen molar-refractivity contribution in [3.05, 3.63) is 46.4 Å². The average molecular weight is 321 g/mol. The Hall–Kier alpha value is -1.55. The molecule has 0 aliphatic rings. The molecule has 5 heteroatoms. The highest BCUT2D eigenvalue weighted by atomic mass is 35.5.